The van der Waals surface area contributed by atoms with E-state index in [-0.39, 0.29) is 18.1 Å². The van der Waals surface area contributed by atoms with Crippen LogP contribution in [0.25, 0.3) is 0 Å². The molecule has 0 aliphatic carbocycles. The van der Waals surface area contributed by atoms with Crippen molar-refractivity contribution in [2.45, 2.75) is 46.3 Å². The lowest BCUT2D eigenvalue weighted by atomic mass is 10.00. The quantitative estimate of drug-likeness (QED) is 0.663. The SMILES string of the molecule is CC(C)CN1CCC1C(=O)N(C)COC(C)C. The fourth-order valence-electron chi connectivity index (χ4n) is 1.99. The first-order valence-electron chi connectivity index (χ1n) is 6.52. The molecule has 17 heavy (non-hydrogen) atoms. The average molecular weight is 242 g/mol. The molecule has 1 aliphatic rings. The van der Waals surface area contributed by atoms with E-state index < -0.39 is 0 Å². The zero-order valence-corrected chi connectivity index (χ0v) is 11.8. The van der Waals surface area contributed by atoms with E-state index in [2.05, 4.69) is 18.7 Å². The van der Waals surface area contributed by atoms with Gasteiger partial charge in [-0.2, -0.15) is 0 Å². The van der Waals surface area contributed by atoms with E-state index in [1.54, 1.807) is 4.90 Å². The molecule has 1 fully saturated rings. The standard InChI is InChI=1S/C13H26N2O2/c1-10(2)8-15-7-6-12(15)13(16)14(5)9-17-11(3)4/h10-12H,6-9H2,1-5H3. The van der Waals surface area contributed by atoms with Crippen LogP contribution in [0.1, 0.15) is 34.1 Å². The third-order valence-corrected chi connectivity index (χ3v) is 2.99. The minimum Gasteiger partial charge on any atom is -0.358 e. The summed E-state index contributed by atoms with van der Waals surface area (Å²) in [5, 5.41) is 0. The molecule has 0 aromatic heterocycles. The first kappa shape index (κ1) is 14.5. The van der Waals surface area contributed by atoms with Gasteiger partial charge >= 0.3 is 0 Å². The molecule has 0 saturated carbocycles. The summed E-state index contributed by atoms with van der Waals surface area (Å²) in [5.74, 6) is 0.806. The van der Waals surface area contributed by atoms with Crippen molar-refractivity contribution >= 4 is 5.91 Å². The number of rotatable bonds is 6. The number of likely N-dealkylation sites (tertiary alicyclic amines) is 1. The molecule has 1 atom stereocenters. The fraction of sp³-hybridized carbons (Fsp3) is 0.923. The van der Waals surface area contributed by atoms with Crippen LogP contribution in [0.2, 0.25) is 0 Å². The Morgan fingerprint density at radius 1 is 1.41 bits per heavy atom. The Hall–Kier alpha value is -0.610. The predicted octanol–water partition coefficient (Wildman–Crippen LogP) is 1.56. The van der Waals surface area contributed by atoms with E-state index in [9.17, 15) is 4.79 Å². The Morgan fingerprint density at radius 3 is 2.47 bits per heavy atom. The predicted molar refractivity (Wildman–Crippen MR) is 68.7 cm³/mol. The highest BCUT2D eigenvalue weighted by atomic mass is 16.5. The van der Waals surface area contributed by atoms with Crippen LogP contribution in [0.3, 0.4) is 0 Å². The maximum atomic E-state index is 12.1. The van der Waals surface area contributed by atoms with Crippen molar-refractivity contribution in [2.75, 3.05) is 26.9 Å². The van der Waals surface area contributed by atoms with Crippen LogP contribution >= 0.6 is 0 Å². The van der Waals surface area contributed by atoms with E-state index in [4.69, 9.17) is 4.74 Å². The zero-order chi connectivity index (χ0) is 13.0. The summed E-state index contributed by atoms with van der Waals surface area (Å²) in [6.45, 7) is 10.8. The first-order valence-corrected chi connectivity index (χ1v) is 6.52. The summed E-state index contributed by atoms with van der Waals surface area (Å²) in [5.41, 5.74) is 0. The average Bonchev–Trinajstić information content (AvgIpc) is 2.20. The van der Waals surface area contributed by atoms with Gasteiger partial charge in [0.2, 0.25) is 5.91 Å². The highest BCUT2D eigenvalue weighted by Gasteiger charge is 2.35. The molecule has 1 unspecified atom stereocenters. The molecular weight excluding hydrogens is 216 g/mol. The van der Waals surface area contributed by atoms with E-state index in [0.717, 1.165) is 19.5 Å². The molecule has 1 heterocycles. The van der Waals surface area contributed by atoms with Gasteiger partial charge in [0.25, 0.3) is 0 Å². The second-order valence-electron chi connectivity index (χ2n) is 5.57. The van der Waals surface area contributed by atoms with Crippen molar-refractivity contribution < 1.29 is 9.53 Å². The van der Waals surface area contributed by atoms with Gasteiger partial charge in [-0.05, 0) is 26.2 Å². The summed E-state index contributed by atoms with van der Waals surface area (Å²) in [7, 11) is 1.82. The number of ether oxygens (including phenoxy) is 1. The molecule has 0 aromatic carbocycles. The lowest BCUT2D eigenvalue weighted by Gasteiger charge is -2.42. The number of carbonyl (C=O) groups excluding carboxylic acids is 1. The number of carbonyl (C=O) groups is 1. The number of amides is 1. The minimum absolute atomic E-state index is 0.0816. The molecule has 1 rings (SSSR count). The normalized spacial score (nSPS) is 20.8. The Morgan fingerprint density at radius 2 is 2.06 bits per heavy atom. The third kappa shape index (κ3) is 4.28. The second-order valence-corrected chi connectivity index (χ2v) is 5.57. The number of likely N-dealkylation sites (N-methyl/N-ethyl adjacent to an activating group) is 1. The molecule has 0 bridgehead atoms. The van der Waals surface area contributed by atoms with E-state index in [0.29, 0.717) is 12.6 Å². The molecular formula is C13H26N2O2. The minimum atomic E-state index is 0.0816. The van der Waals surface area contributed by atoms with Crippen molar-refractivity contribution in [3.63, 3.8) is 0 Å². The van der Waals surface area contributed by atoms with Crippen molar-refractivity contribution in [3.8, 4) is 0 Å². The van der Waals surface area contributed by atoms with Gasteiger partial charge < -0.3 is 9.64 Å². The molecule has 100 valence electrons. The summed E-state index contributed by atoms with van der Waals surface area (Å²) in [4.78, 5) is 16.1. The number of hydrogen-bond acceptors (Lipinski definition) is 3. The topological polar surface area (TPSA) is 32.8 Å². The van der Waals surface area contributed by atoms with Crippen molar-refractivity contribution in [3.05, 3.63) is 0 Å². The molecule has 0 aromatic rings. The summed E-state index contributed by atoms with van der Waals surface area (Å²) in [6, 6.07) is 0.0816. The van der Waals surface area contributed by atoms with Crippen molar-refractivity contribution in [1.82, 2.24) is 9.80 Å². The van der Waals surface area contributed by atoms with Gasteiger partial charge in [-0.25, -0.2) is 0 Å². The van der Waals surface area contributed by atoms with Crippen LogP contribution in [-0.2, 0) is 9.53 Å². The first-order chi connectivity index (χ1) is 7.91. The van der Waals surface area contributed by atoms with Gasteiger partial charge in [0.1, 0.15) is 6.73 Å². The van der Waals surface area contributed by atoms with E-state index in [1.807, 2.05) is 20.9 Å². The van der Waals surface area contributed by atoms with Gasteiger partial charge in [0, 0.05) is 20.1 Å². The highest BCUT2D eigenvalue weighted by molar-refractivity contribution is 5.82. The summed E-state index contributed by atoms with van der Waals surface area (Å²) < 4.78 is 5.45. The van der Waals surface area contributed by atoms with Crippen LogP contribution in [0.5, 0.6) is 0 Å². The molecule has 0 radical (unpaired) electrons. The Kier molecular flexibility index (Phi) is 5.40. The van der Waals surface area contributed by atoms with Crippen LogP contribution < -0.4 is 0 Å². The fourth-order valence-corrected chi connectivity index (χ4v) is 1.99. The monoisotopic (exact) mass is 242 g/mol. The van der Waals surface area contributed by atoms with Crippen molar-refractivity contribution in [1.29, 1.82) is 0 Å². The molecule has 0 spiro atoms. The maximum Gasteiger partial charge on any atom is 0.241 e. The maximum absolute atomic E-state index is 12.1. The van der Waals surface area contributed by atoms with Crippen LogP contribution in [0.15, 0.2) is 0 Å². The van der Waals surface area contributed by atoms with Gasteiger partial charge in [0.15, 0.2) is 0 Å². The second kappa shape index (κ2) is 6.36. The largest absolute Gasteiger partial charge is 0.358 e. The lowest BCUT2D eigenvalue weighted by Crippen LogP contribution is -2.57. The Bertz CT molecular complexity index is 254. The number of nitrogens with zero attached hydrogens (tertiary/aromatic N) is 2. The lowest BCUT2D eigenvalue weighted by molar-refractivity contribution is -0.146. The molecule has 4 heteroatoms. The van der Waals surface area contributed by atoms with Gasteiger partial charge in [-0.1, -0.05) is 13.8 Å². The number of hydrogen-bond donors (Lipinski definition) is 0. The van der Waals surface area contributed by atoms with Gasteiger partial charge in [-0.3, -0.25) is 9.69 Å². The molecule has 1 saturated heterocycles. The van der Waals surface area contributed by atoms with E-state index in [1.165, 1.54) is 0 Å². The van der Waals surface area contributed by atoms with Gasteiger partial charge in [0.05, 0.1) is 12.1 Å². The smallest absolute Gasteiger partial charge is 0.241 e. The van der Waals surface area contributed by atoms with Gasteiger partial charge in [-0.15, -0.1) is 0 Å². The Balaban J connectivity index is 2.36. The van der Waals surface area contributed by atoms with Crippen LogP contribution in [0, 0.1) is 5.92 Å². The van der Waals surface area contributed by atoms with Crippen molar-refractivity contribution in [2.24, 2.45) is 5.92 Å². The highest BCUT2D eigenvalue weighted by Crippen LogP contribution is 2.20. The van der Waals surface area contributed by atoms with Crippen LogP contribution in [-0.4, -0.2) is 54.7 Å². The van der Waals surface area contributed by atoms with E-state index >= 15 is 0 Å². The third-order valence-electron chi connectivity index (χ3n) is 2.99. The summed E-state index contributed by atoms with van der Waals surface area (Å²) in [6.07, 6.45) is 1.15. The molecule has 4 nitrogen and oxygen atoms in total. The molecule has 1 amide bonds. The Labute approximate surface area is 105 Å². The molecule has 0 N–H and O–H groups in total. The van der Waals surface area contributed by atoms with Crippen LogP contribution in [0.4, 0.5) is 0 Å². The summed E-state index contributed by atoms with van der Waals surface area (Å²) >= 11 is 0. The molecule has 1 aliphatic heterocycles. The zero-order valence-electron chi connectivity index (χ0n) is 11.8.